The summed E-state index contributed by atoms with van der Waals surface area (Å²) in [6.45, 7) is 10.4. The van der Waals surface area contributed by atoms with Crippen LogP contribution >= 0.6 is 0 Å². The monoisotopic (exact) mass is 431 g/mol. The van der Waals surface area contributed by atoms with Crippen molar-refractivity contribution < 1.29 is 14.9 Å². The van der Waals surface area contributed by atoms with Crippen LogP contribution in [0.5, 0.6) is 0 Å². The van der Waals surface area contributed by atoms with Crippen molar-refractivity contribution in [2.75, 3.05) is 32.8 Å². The third kappa shape index (κ3) is 5.63. The standard InChI is InChI=1S/C27H45NO3/c1-20(5-4-12-28-13-15-31-16-14-28)25-9-10-26-22(6-3-11-27(25,26)2)8-7-21-17-23(29)19-24(30)18-21/h7-8,20,23-26,29-30H,3-6,9-19H2,1-2H3/b22-8+/t20?,23-,24-,25-,26+,27-/m1/s1. The second-order valence-corrected chi connectivity index (χ2v) is 11.2. The molecule has 2 N–H and O–H groups in total. The van der Waals surface area contributed by atoms with E-state index in [4.69, 9.17) is 4.74 Å². The van der Waals surface area contributed by atoms with Gasteiger partial charge in [0.25, 0.3) is 0 Å². The van der Waals surface area contributed by atoms with Crippen LogP contribution in [0.25, 0.3) is 0 Å². The van der Waals surface area contributed by atoms with Gasteiger partial charge < -0.3 is 14.9 Å². The highest BCUT2D eigenvalue weighted by Gasteiger charge is 2.50. The summed E-state index contributed by atoms with van der Waals surface area (Å²) >= 11 is 0. The van der Waals surface area contributed by atoms with Crippen molar-refractivity contribution in [3.63, 3.8) is 0 Å². The fourth-order valence-corrected chi connectivity index (χ4v) is 7.41. The van der Waals surface area contributed by atoms with Crippen LogP contribution in [-0.4, -0.2) is 60.2 Å². The van der Waals surface area contributed by atoms with E-state index in [1.807, 2.05) is 0 Å². The van der Waals surface area contributed by atoms with Gasteiger partial charge in [0.1, 0.15) is 0 Å². The molecular weight excluding hydrogens is 386 g/mol. The Morgan fingerprint density at radius 3 is 2.61 bits per heavy atom. The van der Waals surface area contributed by atoms with E-state index < -0.39 is 0 Å². The normalized spacial score (nSPS) is 39.5. The zero-order valence-corrected chi connectivity index (χ0v) is 19.9. The molecule has 6 atom stereocenters. The van der Waals surface area contributed by atoms with Gasteiger partial charge in [0.2, 0.25) is 0 Å². The predicted molar refractivity (Wildman–Crippen MR) is 126 cm³/mol. The first kappa shape index (κ1) is 23.5. The number of hydrogen-bond acceptors (Lipinski definition) is 4. The summed E-state index contributed by atoms with van der Waals surface area (Å²) in [4.78, 5) is 2.57. The van der Waals surface area contributed by atoms with Gasteiger partial charge in [0.05, 0.1) is 25.4 Å². The van der Waals surface area contributed by atoms with Crippen LogP contribution in [0.15, 0.2) is 23.3 Å². The van der Waals surface area contributed by atoms with Crippen molar-refractivity contribution in [2.24, 2.45) is 23.2 Å². The Labute approximate surface area is 189 Å². The molecule has 1 saturated heterocycles. The number of aliphatic hydroxyl groups is 2. The van der Waals surface area contributed by atoms with Gasteiger partial charge in [0, 0.05) is 13.1 Å². The predicted octanol–water partition coefficient (Wildman–Crippen LogP) is 4.71. The first-order valence-electron chi connectivity index (χ1n) is 13.0. The third-order valence-corrected chi connectivity index (χ3v) is 9.04. The maximum atomic E-state index is 10.00. The summed E-state index contributed by atoms with van der Waals surface area (Å²) in [5.74, 6) is 2.37. The average Bonchev–Trinajstić information content (AvgIpc) is 3.10. The van der Waals surface area contributed by atoms with Crippen molar-refractivity contribution >= 4 is 0 Å². The smallest absolute Gasteiger partial charge is 0.0602 e. The first-order valence-corrected chi connectivity index (χ1v) is 13.0. The molecule has 1 aliphatic heterocycles. The molecule has 0 radical (unpaired) electrons. The first-order chi connectivity index (χ1) is 15.0. The topological polar surface area (TPSA) is 52.9 Å². The molecule has 0 spiro atoms. The minimum Gasteiger partial charge on any atom is -0.393 e. The van der Waals surface area contributed by atoms with E-state index in [0.29, 0.717) is 11.8 Å². The van der Waals surface area contributed by atoms with Gasteiger partial charge in [-0.15, -0.1) is 0 Å². The molecule has 4 aliphatic rings. The molecule has 1 unspecified atom stereocenters. The molecule has 31 heavy (non-hydrogen) atoms. The summed E-state index contributed by atoms with van der Waals surface area (Å²) in [6.07, 6.45) is 15.2. The summed E-state index contributed by atoms with van der Waals surface area (Å²) < 4.78 is 5.48. The Bertz CT molecular complexity index is 641. The third-order valence-electron chi connectivity index (χ3n) is 9.04. The molecule has 1 heterocycles. The van der Waals surface area contributed by atoms with Crippen LogP contribution in [0.3, 0.4) is 0 Å². The van der Waals surface area contributed by atoms with Crippen LogP contribution in [0.1, 0.15) is 78.1 Å². The molecule has 0 bridgehead atoms. The Morgan fingerprint density at radius 1 is 1.13 bits per heavy atom. The van der Waals surface area contributed by atoms with E-state index in [-0.39, 0.29) is 12.2 Å². The summed E-state index contributed by atoms with van der Waals surface area (Å²) in [5, 5.41) is 20.0. The molecule has 0 aromatic heterocycles. The van der Waals surface area contributed by atoms with E-state index >= 15 is 0 Å². The van der Waals surface area contributed by atoms with Crippen molar-refractivity contribution in [3.8, 4) is 0 Å². The zero-order valence-electron chi connectivity index (χ0n) is 19.9. The van der Waals surface area contributed by atoms with E-state index in [2.05, 4.69) is 30.9 Å². The fourth-order valence-electron chi connectivity index (χ4n) is 7.41. The Hall–Kier alpha value is -0.680. The van der Waals surface area contributed by atoms with E-state index in [1.165, 1.54) is 57.1 Å². The number of aliphatic hydroxyl groups excluding tert-OH is 2. The summed E-state index contributed by atoms with van der Waals surface area (Å²) in [5.41, 5.74) is 3.31. The minimum absolute atomic E-state index is 0.376. The van der Waals surface area contributed by atoms with Crippen LogP contribution in [0.4, 0.5) is 0 Å². The van der Waals surface area contributed by atoms with Gasteiger partial charge in [-0.3, -0.25) is 4.90 Å². The van der Waals surface area contributed by atoms with Crippen molar-refractivity contribution in [2.45, 2.75) is 90.3 Å². The molecule has 4 nitrogen and oxygen atoms in total. The molecule has 4 fully saturated rings. The maximum Gasteiger partial charge on any atom is 0.0602 e. The lowest BCUT2D eigenvalue weighted by molar-refractivity contribution is 0.0351. The van der Waals surface area contributed by atoms with Crippen LogP contribution in [-0.2, 0) is 4.74 Å². The Kier molecular flexibility index (Phi) is 7.95. The molecule has 0 aromatic carbocycles. The minimum atomic E-state index is -0.376. The highest BCUT2D eigenvalue weighted by molar-refractivity contribution is 5.26. The Morgan fingerprint density at radius 2 is 1.87 bits per heavy atom. The molecule has 0 aromatic rings. The van der Waals surface area contributed by atoms with Gasteiger partial charge in [-0.05, 0) is 93.9 Å². The highest BCUT2D eigenvalue weighted by Crippen LogP contribution is 2.59. The number of fused-ring (bicyclic) bond motifs is 1. The number of morpholine rings is 1. The lowest BCUT2D eigenvalue weighted by atomic mass is 9.60. The molecule has 3 saturated carbocycles. The second kappa shape index (κ2) is 10.5. The number of hydrogen-bond donors (Lipinski definition) is 2. The van der Waals surface area contributed by atoms with Gasteiger partial charge in [-0.25, -0.2) is 0 Å². The fraction of sp³-hybridized carbons (Fsp3) is 0.852. The molecule has 3 aliphatic carbocycles. The number of rotatable bonds is 6. The summed E-state index contributed by atoms with van der Waals surface area (Å²) in [7, 11) is 0. The number of ether oxygens (including phenoxy) is 1. The van der Waals surface area contributed by atoms with Gasteiger partial charge >= 0.3 is 0 Å². The van der Waals surface area contributed by atoms with Crippen molar-refractivity contribution in [1.29, 1.82) is 0 Å². The van der Waals surface area contributed by atoms with E-state index in [0.717, 1.165) is 56.9 Å². The van der Waals surface area contributed by atoms with Crippen molar-refractivity contribution in [1.82, 2.24) is 4.90 Å². The average molecular weight is 432 g/mol. The Balaban J connectivity index is 1.35. The van der Waals surface area contributed by atoms with Crippen molar-refractivity contribution in [3.05, 3.63) is 23.3 Å². The maximum absolute atomic E-state index is 10.00. The van der Waals surface area contributed by atoms with Gasteiger partial charge in [-0.1, -0.05) is 37.1 Å². The molecule has 4 rings (SSSR count). The molecular formula is C27H45NO3. The molecule has 4 heteroatoms. The largest absolute Gasteiger partial charge is 0.393 e. The quantitative estimate of drug-likeness (QED) is 0.639. The van der Waals surface area contributed by atoms with Gasteiger partial charge in [0.15, 0.2) is 0 Å². The second-order valence-electron chi connectivity index (χ2n) is 11.2. The lowest BCUT2D eigenvalue weighted by Gasteiger charge is -2.44. The van der Waals surface area contributed by atoms with Crippen LogP contribution in [0, 0.1) is 23.2 Å². The van der Waals surface area contributed by atoms with E-state index in [1.54, 1.807) is 5.57 Å². The van der Waals surface area contributed by atoms with Crippen LogP contribution < -0.4 is 0 Å². The number of nitrogens with zero attached hydrogens (tertiary/aromatic N) is 1. The van der Waals surface area contributed by atoms with Crippen LogP contribution in [0.2, 0.25) is 0 Å². The van der Waals surface area contributed by atoms with Gasteiger partial charge in [-0.2, -0.15) is 0 Å². The SMILES string of the molecule is CC(CCCN1CCOCC1)[C@H]1CC[C@H]2/C(=C/C=C3C[C@@H](O)C[C@H](O)C3)CCC[C@]12C. The molecule has 176 valence electrons. The lowest BCUT2D eigenvalue weighted by Crippen LogP contribution is -2.38. The number of allylic oxidation sites excluding steroid dienone is 3. The van der Waals surface area contributed by atoms with E-state index in [9.17, 15) is 10.2 Å². The highest BCUT2D eigenvalue weighted by atomic mass is 16.5. The zero-order chi connectivity index (χ0) is 21.8. The molecule has 0 amide bonds. The summed E-state index contributed by atoms with van der Waals surface area (Å²) in [6, 6.07) is 0.